The predicted molar refractivity (Wildman–Crippen MR) is 61.7 cm³/mol. The van der Waals surface area contributed by atoms with E-state index in [2.05, 4.69) is 15.9 Å². The van der Waals surface area contributed by atoms with Crippen molar-refractivity contribution in [2.75, 3.05) is 19.8 Å². The molecule has 2 N–H and O–H groups in total. The summed E-state index contributed by atoms with van der Waals surface area (Å²) in [6, 6.07) is 0. The Bertz CT molecular complexity index is 427. The quantitative estimate of drug-likeness (QED) is 0.726. The summed E-state index contributed by atoms with van der Waals surface area (Å²) in [6.45, 7) is 1.92. The highest BCUT2D eigenvalue weighted by Gasteiger charge is 2.10. The summed E-state index contributed by atoms with van der Waals surface area (Å²) < 4.78 is 0. The average molecular weight is 202 g/mol. The van der Waals surface area contributed by atoms with Crippen molar-refractivity contribution in [3.05, 3.63) is 23.5 Å². The largest absolute Gasteiger partial charge is 0.376 e. The summed E-state index contributed by atoms with van der Waals surface area (Å²) in [4.78, 5) is 9.95. The van der Waals surface area contributed by atoms with Crippen molar-refractivity contribution in [2.45, 2.75) is 6.92 Å². The zero-order chi connectivity index (χ0) is 11.4. The topological polar surface area (TPSA) is 55.0 Å². The number of terminal acetylenes is 1. The number of nitrogens with zero attached hydrogens (tertiary/aromatic N) is 3. The molecule has 1 aromatic heterocycles. The van der Waals surface area contributed by atoms with Gasteiger partial charge in [0.15, 0.2) is 0 Å². The fourth-order valence-corrected chi connectivity index (χ4v) is 1.30. The Morgan fingerprint density at radius 1 is 1.60 bits per heavy atom. The summed E-state index contributed by atoms with van der Waals surface area (Å²) in [5.41, 5.74) is 7.80. The Morgan fingerprint density at radius 3 is 2.73 bits per heavy atom. The Kier molecular flexibility index (Phi) is 3.29. The lowest BCUT2D eigenvalue weighted by Gasteiger charge is -2.17. The van der Waals surface area contributed by atoms with Crippen LogP contribution in [0.4, 0.5) is 5.95 Å². The molecule has 0 aliphatic heterocycles. The van der Waals surface area contributed by atoms with Gasteiger partial charge in [0.2, 0.25) is 5.95 Å². The van der Waals surface area contributed by atoms with E-state index in [1.807, 2.05) is 32.0 Å². The first-order valence-electron chi connectivity index (χ1n) is 4.53. The fraction of sp³-hybridized carbons (Fsp3) is 0.273. The standard InChI is InChI=1S/C11H14N4/c1-5-8-7-13-11(12)14-10(8)9(6-2)15(3)4/h1,6-7H,2-4H3,(H2,12,13,14). The first-order chi connectivity index (χ1) is 7.10. The van der Waals surface area contributed by atoms with E-state index in [1.54, 1.807) is 6.20 Å². The maximum atomic E-state index is 5.54. The number of nitrogen functional groups attached to an aromatic ring is 1. The second-order valence-electron chi connectivity index (χ2n) is 3.20. The molecule has 0 saturated heterocycles. The minimum absolute atomic E-state index is 0.227. The molecule has 0 aliphatic rings. The van der Waals surface area contributed by atoms with Gasteiger partial charge in [-0.3, -0.25) is 0 Å². The van der Waals surface area contributed by atoms with E-state index >= 15 is 0 Å². The molecular formula is C11H14N4. The molecular weight excluding hydrogens is 188 g/mol. The summed E-state index contributed by atoms with van der Waals surface area (Å²) in [5.74, 6) is 2.77. The van der Waals surface area contributed by atoms with Crippen molar-refractivity contribution in [2.24, 2.45) is 0 Å². The van der Waals surface area contributed by atoms with E-state index in [0.29, 0.717) is 11.3 Å². The third-order valence-corrected chi connectivity index (χ3v) is 1.96. The molecule has 1 heterocycles. The van der Waals surface area contributed by atoms with E-state index in [-0.39, 0.29) is 5.95 Å². The van der Waals surface area contributed by atoms with Gasteiger partial charge < -0.3 is 10.6 Å². The summed E-state index contributed by atoms with van der Waals surface area (Å²) in [7, 11) is 3.85. The van der Waals surface area contributed by atoms with Crippen LogP contribution >= 0.6 is 0 Å². The third kappa shape index (κ3) is 2.26. The highest BCUT2D eigenvalue weighted by molar-refractivity contribution is 5.66. The zero-order valence-corrected chi connectivity index (χ0v) is 9.15. The van der Waals surface area contributed by atoms with Crippen LogP contribution in [0, 0.1) is 12.3 Å². The van der Waals surface area contributed by atoms with Crippen molar-refractivity contribution >= 4 is 11.6 Å². The number of hydrogen-bond acceptors (Lipinski definition) is 4. The van der Waals surface area contributed by atoms with Gasteiger partial charge in [-0.15, -0.1) is 6.42 Å². The predicted octanol–water partition coefficient (Wildman–Crippen LogP) is 0.963. The van der Waals surface area contributed by atoms with Crippen LogP contribution in [0.3, 0.4) is 0 Å². The van der Waals surface area contributed by atoms with Gasteiger partial charge in [-0.25, -0.2) is 9.97 Å². The van der Waals surface area contributed by atoms with Crippen LogP contribution in [0.2, 0.25) is 0 Å². The van der Waals surface area contributed by atoms with Gasteiger partial charge in [0.25, 0.3) is 0 Å². The number of nitrogens with two attached hydrogens (primary N) is 1. The molecule has 1 aromatic rings. The van der Waals surface area contributed by atoms with Gasteiger partial charge in [-0.2, -0.15) is 0 Å². The molecule has 0 fully saturated rings. The van der Waals surface area contributed by atoms with E-state index < -0.39 is 0 Å². The van der Waals surface area contributed by atoms with Gasteiger partial charge in [0.1, 0.15) is 5.69 Å². The monoisotopic (exact) mass is 202 g/mol. The maximum Gasteiger partial charge on any atom is 0.220 e. The summed E-state index contributed by atoms with van der Waals surface area (Å²) >= 11 is 0. The van der Waals surface area contributed by atoms with E-state index in [0.717, 1.165) is 5.70 Å². The highest BCUT2D eigenvalue weighted by atomic mass is 15.1. The van der Waals surface area contributed by atoms with E-state index in [9.17, 15) is 0 Å². The lowest BCUT2D eigenvalue weighted by atomic mass is 10.1. The van der Waals surface area contributed by atoms with Gasteiger partial charge in [0.05, 0.1) is 11.3 Å². The molecule has 0 amide bonds. The van der Waals surface area contributed by atoms with E-state index in [1.165, 1.54) is 0 Å². The van der Waals surface area contributed by atoms with Crippen molar-refractivity contribution in [1.29, 1.82) is 0 Å². The molecule has 0 spiro atoms. The minimum Gasteiger partial charge on any atom is -0.376 e. The SMILES string of the molecule is C#Cc1cnc(N)nc1C(=CC)N(C)C. The maximum absolute atomic E-state index is 5.54. The van der Waals surface area contributed by atoms with Crippen LogP contribution < -0.4 is 5.73 Å². The molecule has 0 aliphatic carbocycles. The summed E-state index contributed by atoms with van der Waals surface area (Å²) in [5, 5.41) is 0. The molecule has 1 rings (SSSR count). The minimum atomic E-state index is 0.227. The summed E-state index contributed by atoms with van der Waals surface area (Å²) in [6.07, 6.45) is 8.87. The lowest BCUT2D eigenvalue weighted by Crippen LogP contribution is -2.13. The molecule has 0 bridgehead atoms. The zero-order valence-electron chi connectivity index (χ0n) is 9.15. The molecule has 4 heteroatoms. The normalized spacial score (nSPS) is 10.9. The molecule has 0 unspecified atom stereocenters. The van der Waals surface area contributed by atoms with Crippen LogP contribution in [0.5, 0.6) is 0 Å². The molecule has 0 saturated carbocycles. The van der Waals surface area contributed by atoms with Gasteiger partial charge in [0, 0.05) is 20.3 Å². The average Bonchev–Trinajstić information content (AvgIpc) is 2.18. The van der Waals surface area contributed by atoms with Crippen LogP contribution in [0.25, 0.3) is 5.70 Å². The molecule has 0 aromatic carbocycles. The lowest BCUT2D eigenvalue weighted by molar-refractivity contribution is 0.587. The van der Waals surface area contributed by atoms with Gasteiger partial charge in [-0.1, -0.05) is 12.0 Å². The second-order valence-corrected chi connectivity index (χ2v) is 3.20. The number of rotatable bonds is 2. The number of hydrogen-bond donors (Lipinski definition) is 1. The number of aromatic nitrogens is 2. The van der Waals surface area contributed by atoms with Crippen molar-refractivity contribution in [3.8, 4) is 12.3 Å². The van der Waals surface area contributed by atoms with Crippen molar-refractivity contribution in [3.63, 3.8) is 0 Å². The molecule has 15 heavy (non-hydrogen) atoms. The highest BCUT2D eigenvalue weighted by Crippen LogP contribution is 2.18. The molecule has 4 nitrogen and oxygen atoms in total. The number of anilines is 1. The Hall–Kier alpha value is -2.02. The third-order valence-electron chi connectivity index (χ3n) is 1.96. The fourth-order valence-electron chi connectivity index (χ4n) is 1.30. The Morgan fingerprint density at radius 2 is 2.27 bits per heavy atom. The molecule has 0 radical (unpaired) electrons. The number of allylic oxidation sites excluding steroid dienone is 1. The molecule has 0 atom stereocenters. The van der Waals surface area contributed by atoms with Gasteiger partial charge >= 0.3 is 0 Å². The Labute approximate surface area is 89.8 Å². The van der Waals surface area contributed by atoms with Crippen LogP contribution in [0.1, 0.15) is 18.2 Å². The smallest absolute Gasteiger partial charge is 0.220 e. The van der Waals surface area contributed by atoms with Crippen LogP contribution in [-0.2, 0) is 0 Å². The van der Waals surface area contributed by atoms with Crippen molar-refractivity contribution in [1.82, 2.24) is 14.9 Å². The second kappa shape index (κ2) is 4.47. The Balaban J connectivity index is 3.35. The van der Waals surface area contributed by atoms with E-state index in [4.69, 9.17) is 12.2 Å². The first-order valence-corrected chi connectivity index (χ1v) is 4.53. The van der Waals surface area contributed by atoms with Crippen LogP contribution in [-0.4, -0.2) is 29.0 Å². The molecule has 78 valence electrons. The van der Waals surface area contributed by atoms with Crippen molar-refractivity contribution < 1.29 is 0 Å². The first kappa shape index (κ1) is 11.1. The van der Waals surface area contributed by atoms with Gasteiger partial charge in [-0.05, 0) is 6.92 Å². The van der Waals surface area contributed by atoms with Crippen LogP contribution in [0.15, 0.2) is 12.3 Å².